The van der Waals surface area contributed by atoms with Gasteiger partial charge >= 0.3 is 0 Å². The van der Waals surface area contributed by atoms with Crippen molar-refractivity contribution in [3.63, 3.8) is 0 Å². The lowest BCUT2D eigenvalue weighted by Gasteiger charge is -2.38. The van der Waals surface area contributed by atoms with Crippen LogP contribution in [0.25, 0.3) is 16.9 Å². The van der Waals surface area contributed by atoms with Gasteiger partial charge in [0.05, 0.1) is 49.6 Å². The first-order valence-electron chi connectivity index (χ1n) is 14.4. The number of pyridine rings is 1. The number of hydrogen-bond acceptors (Lipinski definition) is 9. The predicted octanol–water partition coefficient (Wildman–Crippen LogP) is 3.14. The van der Waals surface area contributed by atoms with Gasteiger partial charge < -0.3 is 29.1 Å². The molecule has 11 nitrogen and oxygen atoms in total. The molecule has 4 saturated heterocycles. The minimum Gasteiger partial charge on any atom is -0.384 e. The molecule has 0 spiro atoms. The summed E-state index contributed by atoms with van der Waals surface area (Å²) >= 11 is 0. The largest absolute Gasteiger partial charge is 0.384 e. The van der Waals surface area contributed by atoms with Crippen LogP contribution in [0.2, 0.25) is 0 Å². The molecular weight excluding hydrogens is 498 g/mol. The lowest BCUT2D eigenvalue weighted by atomic mass is 10.0. The van der Waals surface area contributed by atoms with E-state index in [1.165, 1.54) is 0 Å². The van der Waals surface area contributed by atoms with Crippen molar-refractivity contribution < 1.29 is 19.3 Å². The Kier molecular flexibility index (Phi) is 6.30. The summed E-state index contributed by atoms with van der Waals surface area (Å²) in [6, 6.07) is 4.98. The van der Waals surface area contributed by atoms with E-state index in [0.717, 1.165) is 75.4 Å². The normalized spacial score (nSPS) is 28.0. The first kappa shape index (κ1) is 25.3. The van der Waals surface area contributed by atoms with Crippen LogP contribution >= 0.6 is 0 Å². The second-order valence-corrected chi connectivity index (χ2v) is 11.9. The molecule has 1 N–H and O–H groups in total. The highest BCUT2D eigenvalue weighted by Crippen LogP contribution is 2.41. The second-order valence-electron chi connectivity index (χ2n) is 11.9. The van der Waals surface area contributed by atoms with Gasteiger partial charge in [-0.15, -0.1) is 0 Å². The molecular formula is C28H39N7O4. The monoisotopic (exact) mass is 537 g/mol. The Morgan fingerprint density at radius 2 is 1.79 bits per heavy atom. The van der Waals surface area contributed by atoms with Gasteiger partial charge in [0.1, 0.15) is 23.3 Å². The molecule has 0 radical (unpaired) electrons. The minimum absolute atomic E-state index is 0.0691. The van der Waals surface area contributed by atoms with Gasteiger partial charge in [-0.25, -0.2) is 9.67 Å². The topological polar surface area (TPSA) is 103 Å². The van der Waals surface area contributed by atoms with Gasteiger partial charge in [0.25, 0.3) is 0 Å². The van der Waals surface area contributed by atoms with Crippen LogP contribution in [-0.2, 0) is 19.8 Å². The molecule has 0 saturated carbocycles. The fourth-order valence-corrected chi connectivity index (χ4v) is 6.65. The highest BCUT2D eigenvalue weighted by Gasteiger charge is 2.40. The van der Waals surface area contributed by atoms with Gasteiger partial charge in [-0.3, -0.25) is 0 Å². The maximum Gasteiger partial charge on any atom is 0.177 e. The molecule has 210 valence electrons. The first-order valence-corrected chi connectivity index (χ1v) is 14.4. The maximum absolute atomic E-state index is 11.3. The average molecular weight is 538 g/mol. The number of fused-ring (bicyclic) bond motifs is 3. The summed E-state index contributed by atoms with van der Waals surface area (Å²) in [5.41, 5.74) is 1.16. The fourth-order valence-electron chi connectivity index (χ4n) is 6.65. The standard InChI is InChI=1S/C28H39N7O4/c1-18-15-37-13-11-32(18)21-14-23(34-19-7-8-20(34)17-38-16-19)29-27-25(21)26(28(2,3)36)31-35(27)22-9-10-33(30-22)24-6-4-5-12-39-24/h9-10,14,18-20,24,36H,4-8,11-13,15-17H2,1-3H3/t18-,19?,20?,24?/m1/s1. The summed E-state index contributed by atoms with van der Waals surface area (Å²) in [4.78, 5) is 10.1. The van der Waals surface area contributed by atoms with Gasteiger partial charge in [-0.2, -0.15) is 14.9 Å². The Hall–Kier alpha value is -2.73. The van der Waals surface area contributed by atoms with Crippen molar-refractivity contribution in [1.82, 2.24) is 24.5 Å². The number of aliphatic hydroxyl groups is 1. The third-order valence-corrected chi connectivity index (χ3v) is 8.63. The van der Waals surface area contributed by atoms with Crippen molar-refractivity contribution >= 4 is 22.5 Å². The molecule has 4 aliphatic rings. The number of nitrogens with zero attached hydrogens (tertiary/aromatic N) is 7. The van der Waals surface area contributed by atoms with E-state index in [9.17, 15) is 5.11 Å². The zero-order valence-corrected chi connectivity index (χ0v) is 23.1. The second kappa shape index (κ2) is 9.72. The zero-order chi connectivity index (χ0) is 26.7. The molecule has 0 aliphatic carbocycles. The summed E-state index contributed by atoms with van der Waals surface area (Å²) in [5, 5.41) is 22.1. The van der Waals surface area contributed by atoms with Gasteiger partial charge in [-0.1, -0.05) is 0 Å². The number of rotatable bonds is 5. The van der Waals surface area contributed by atoms with E-state index in [1.54, 1.807) is 13.8 Å². The first-order chi connectivity index (χ1) is 18.9. The Balaban J connectivity index is 1.43. The molecule has 2 bridgehead atoms. The lowest BCUT2D eigenvalue weighted by Crippen LogP contribution is -2.47. The van der Waals surface area contributed by atoms with E-state index in [-0.39, 0.29) is 12.3 Å². The van der Waals surface area contributed by atoms with Gasteiger partial charge in [0, 0.05) is 37.5 Å². The van der Waals surface area contributed by atoms with Crippen LogP contribution in [0.15, 0.2) is 18.3 Å². The van der Waals surface area contributed by atoms with Crippen LogP contribution in [0.1, 0.15) is 64.8 Å². The van der Waals surface area contributed by atoms with Crippen LogP contribution in [0, 0.1) is 0 Å². The number of hydrogen-bond donors (Lipinski definition) is 1. The van der Waals surface area contributed by atoms with Crippen molar-refractivity contribution in [2.75, 3.05) is 49.4 Å². The highest BCUT2D eigenvalue weighted by molar-refractivity contribution is 5.95. The Morgan fingerprint density at radius 3 is 2.51 bits per heavy atom. The van der Waals surface area contributed by atoms with Gasteiger partial charge in [0.2, 0.25) is 0 Å². The SMILES string of the molecule is C[C@@H]1COCCN1c1cc(N2C3CCC2COC3)nc2c1c(C(C)(C)O)nn2-c1ccn(C2CCCCO2)n1. The molecule has 11 heteroatoms. The van der Waals surface area contributed by atoms with Crippen LogP contribution in [0.4, 0.5) is 11.5 Å². The molecule has 4 fully saturated rings. The van der Waals surface area contributed by atoms with Gasteiger partial charge in [-0.05, 0) is 52.9 Å². The summed E-state index contributed by atoms with van der Waals surface area (Å²) in [5.74, 6) is 1.60. The van der Waals surface area contributed by atoms with Crippen LogP contribution in [0.5, 0.6) is 0 Å². The van der Waals surface area contributed by atoms with Crippen molar-refractivity contribution in [3.8, 4) is 5.82 Å². The Bertz CT molecular complexity index is 1330. The van der Waals surface area contributed by atoms with Crippen molar-refractivity contribution in [1.29, 1.82) is 0 Å². The van der Waals surface area contributed by atoms with Crippen LogP contribution in [0.3, 0.4) is 0 Å². The third-order valence-electron chi connectivity index (χ3n) is 8.63. The molecule has 0 aromatic carbocycles. The Morgan fingerprint density at radius 1 is 0.974 bits per heavy atom. The molecule has 3 aromatic rings. The van der Waals surface area contributed by atoms with E-state index in [4.69, 9.17) is 29.4 Å². The smallest absolute Gasteiger partial charge is 0.177 e. The van der Waals surface area contributed by atoms with E-state index < -0.39 is 5.60 Å². The maximum atomic E-state index is 11.3. The molecule has 4 aliphatic heterocycles. The van der Waals surface area contributed by atoms with Crippen LogP contribution < -0.4 is 9.80 Å². The molecule has 7 heterocycles. The average Bonchev–Trinajstić information content (AvgIpc) is 3.63. The number of anilines is 2. The number of ether oxygens (including phenoxy) is 3. The van der Waals surface area contributed by atoms with Crippen LogP contribution in [-0.4, -0.2) is 87.4 Å². The van der Waals surface area contributed by atoms with Gasteiger partial charge in [0.15, 0.2) is 11.5 Å². The lowest BCUT2D eigenvalue weighted by molar-refractivity contribution is -0.0395. The van der Waals surface area contributed by atoms with E-state index in [2.05, 4.69) is 22.8 Å². The number of aromatic nitrogens is 5. The highest BCUT2D eigenvalue weighted by atomic mass is 16.5. The predicted molar refractivity (Wildman–Crippen MR) is 146 cm³/mol. The molecule has 3 aromatic heterocycles. The van der Waals surface area contributed by atoms with Crippen molar-refractivity contribution in [2.24, 2.45) is 0 Å². The molecule has 4 atom stereocenters. The molecule has 3 unspecified atom stereocenters. The number of morpholine rings is 2. The molecule has 39 heavy (non-hydrogen) atoms. The van der Waals surface area contributed by atoms with Crippen molar-refractivity contribution in [3.05, 3.63) is 24.0 Å². The van der Waals surface area contributed by atoms with Crippen molar-refractivity contribution in [2.45, 2.75) is 82.8 Å². The summed E-state index contributed by atoms with van der Waals surface area (Å²) in [7, 11) is 0. The summed E-state index contributed by atoms with van der Waals surface area (Å²) in [6.07, 6.45) is 7.25. The minimum atomic E-state index is -1.18. The van der Waals surface area contributed by atoms with E-state index in [0.29, 0.717) is 42.5 Å². The third kappa shape index (κ3) is 4.39. The van der Waals surface area contributed by atoms with E-state index in [1.807, 2.05) is 21.6 Å². The summed E-state index contributed by atoms with van der Waals surface area (Å²) < 4.78 is 21.4. The quantitative estimate of drug-likeness (QED) is 0.526. The Labute approximate surface area is 228 Å². The molecule has 7 rings (SSSR count). The molecule has 0 amide bonds. The zero-order valence-electron chi connectivity index (χ0n) is 23.1. The summed E-state index contributed by atoms with van der Waals surface area (Å²) in [6.45, 7) is 10.0. The van der Waals surface area contributed by atoms with E-state index >= 15 is 0 Å². The fraction of sp³-hybridized carbons (Fsp3) is 0.679.